The maximum Gasteiger partial charge on any atom is 0.326 e. The van der Waals surface area contributed by atoms with Crippen LogP contribution in [-0.2, 0) is 15.0 Å². The molecule has 1 aromatic carbocycles. The van der Waals surface area contributed by atoms with Crippen LogP contribution in [0.3, 0.4) is 0 Å². The highest BCUT2D eigenvalue weighted by molar-refractivity contribution is 5.91. The highest BCUT2D eigenvalue weighted by atomic mass is 16.4. The van der Waals surface area contributed by atoms with Gasteiger partial charge in [-0.15, -0.1) is 0 Å². The summed E-state index contributed by atoms with van der Waals surface area (Å²) >= 11 is 0. The van der Waals surface area contributed by atoms with E-state index in [2.05, 4.69) is 0 Å². The van der Waals surface area contributed by atoms with Gasteiger partial charge in [-0.2, -0.15) is 0 Å². The SMILES string of the molecule is CC(C)(C(=O)N1CCCC1C(=O)O)c1ccccc1. The Morgan fingerprint density at radius 1 is 1.26 bits per heavy atom. The van der Waals surface area contributed by atoms with E-state index >= 15 is 0 Å². The monoisotopic (exact) mass is 261 g/mol. The Morgan fingerprint density at radius 3 is 2.47 bits per heavy atom. The third-order valence-corrected chi connectivity index (χ3v) is 3.83. The first-order chi connectivity index (χ1) is 8.94. The molecule has 1 aromatic rings. The summed E-state index contributed by atoms with van der Waals surface area (Å²) in [6.07, 6.45) is 1.31. The molecule has 2 rings (SSSR count). The molecule has 1 atom stereocenters. The predicted octanol–water partition coefficient (Wildman–Crippen LogP) is 2.04. The quantitative estimate of drug-likeness (QED) is 0.905. The fourth-order valence-corrected chi connectivity index (χ4v) is 2.60. The van der Waals surface area contributed by atoms with Gasteiger partial charge in [0.05, 0.1) is 5.41 Å². The van der Waals surface area contributed by atoms with Crippen molar-refractivity contribution in [2.75, 3.05) is 6.54 Å². The molecule has 1 aliphatic rings. The molecule has 0 aromatic heterocycles. The minimum atomic E-state index is -0.908. The number of carboxylic acid groups (broad SMARTS) is 1. The normalized spacial score (nSPS) is 19.5. The van der Waals surface area contributed by atoms with Crippen molar-refractivity contribution in [1.82, 2.24) is 4.90 Å². The number of amides is 1. The summed E-state index contributed by atoms with van der Waals surface area (Å²) in [5, 5.41) is 9.17. The van der Waals surface area contributed by atoms with Crippen LogP contribution >= 0.6 is 0 Å². The summed E-state index contributed by atoms with van der Waals surface area (Å²) in [5.74, 6) is -1.02. The first-order valence-corrected chi connectivity index (χ1v) is 6.54. The molecule has 0 spiro atoms. The van der Waals surface area contributed by atoms with Crippen molar-refractivity contribution in [1.29, 1.82) is 0 Å². The van der Waals surface area contributed by atoms with Crippen LogP contribution < -0.4 is 0 Å². The van der Waals surface area contributed by atoms with Crippen LogP contribution in [0.2, 0.25) is 0 Å². The van der Waals surface area contributed by atoms with Crippen LogP contribution in [0.15, 0.2) is 30.3 Å². The van der Waals surface area contributed by atoms with Crippen LogP contribution in [0.1, 0.15) is 32.3 Å². The Hall–Kier alpha value is -1.84. The summed E-state index contributed by atoms with van der Waals surface area (Å²) in [4.78, 5) is 25.3. The van der Waals surface area contributed by atoms with Crippen molar-refractivity contribution < 1.29 is 14.7 Å². The van der Waals surface area contributed by atoms with Gasteiger partial charge in [-0.05, 0) is 32.3 Å². The first kappa shape index (κ1) is 13.6. The lowest BCUT2D eigenvalue weighted by molar-refractivity contribution is -0.150. The molecule has 1 aliphatic heterocycles. The highest BCUT2D eigenvalue weighted by Gasteiger charge is 2.41. The van der Waals surface area contributed by atoms with Gasteiger partial charge in [0.25, 0.3) is 0 Å². The molecule has 0 saturated carbocycles. The van der Waals surface area contributed by atoms with Gasteiger partial charge in [-0.25, -0.2) is 4.79 Å². The lowest BCUT2D eigenvalue weighted by atomic mass is 9.83. The predicted molar refractivity (Wildman–Crippen MR) is 71.8 cm³/mol. The van der Waals surface area contributed by atoms with E-state index in [-0.39, 0.29) is 5.91 Å². The fourth-order valence-electron chi connectivity index (χ4n) is 2.60. The molecule has 4 heteroatoms. The molecule has 1 saturated heterocycles. The van der Waals surface area contributed by atoms with Crippen molar-refractivity contribution in [2.45, 2.75) is 38.1 Å². The zero-order valence-electron chi connectivity index (χ0n) is 11.3. The van der Waals surface area contributed by atoms with E-state index in [1.54, 1.807) is 0 Å². The third kappa shape index (κ3) is 2.48. The number of hydrogen-bond acceptors (Lipinski definition) is 2. The van der Waals surface area contributed by atoms with E-state index in [9.17, 15) is 14.7 Å². The molecule has 1 amide bonds. The maximum absolute atomic E-state index is 12.6. The van der Waals surface area contributed by atoms with Crippen LogP contribution in [0.5, 0.6) is 0 Å². The van der Waals surface area contributed by atoms with Gasteiger partial charge in [0, 0.05) is 6.54 Å². The summed E-state index contributed by atoms with van der Waals surface area (Å²) < 4.78 is 0. The largest absolute Gasteiger partial charge is 0.480 e. The molecular formula is C15H19NO3. The molecule has 1 heterocycles. The number of carboxylic acids is 1. The van der Waals surface area contributed by atoms with Gasteiger partial charge >= 0.3 is 5.97 Å². The smallest absolute Gasteiger partial charge is 0.326 e. The van der Waals surface area contributed by atoms with Gasteiger partial charge in [-0.1, -0.05) is 30.3 Å². The highest BCUT2D eigenvalue weighted by Crippen LogP contribution is 2.29. The third-order valence-electron chi connectivity index (χ3n) is 3.83. The van der Waals surface area contributed by atoms with E-state index in [1.807, 2.05) is 44.2 Å². The molecule has 19 heavy (non-hydrogen) atoms. The molecule has 1 unspecified atom stereocenters. The van der Waals surface area contributed by atoms with Crippen LogP contribution in [0.25, 0.3) is 0 Å². The van der Waals surface area contributed by atoms with Gasteiger partial charge in [0.2, 0.25) is 5.91 Å². The topological polar surface area (TPSA) is 57.6 Å². The summed E-state index contributed by atoms with van der Waals surface area (Å²) in [7, 11) is 0. The van der Waals surface area contributed by atoms with Crippen LogP contribution in [0.4, 0.5) is 0 Å². The number of nitrogens with zero attached hydrogens (tertiary/aromatic N) is 1. The molecule has 1 N–H and O–H groups in total. The van der Waals surface area contributed by atoms with Crippen molar-refractivity contribution >= 4 is 11.9 Å². The summed E-state index contributed by atoms with van der Waals surface area (Å²) in [6.45, 7) is 4.23. The zero-order chi connectivity index (χ0) is 14.0. The minimum Gasteiger partial charge on any atom is -0.480 e. The standard InChI is InChI=1S/C15H19NO3/c1-15(2,11-7-4-3-5-8-11)14(19)16-10-6-9-12(16)13(17)18/h3-5,7-8,12H,6,9-10H2,1-2H3,(H,17,18). The second kappa shape index (κ2) is 5.03. The van der Waals surface area contributed by atoms with E-state index in [0.29, 0.717) is 13.0 Å². The minimum absolute atomic E-state index is 0.108. The van der Waals surface area contributed by atoms with E-state index < -0.39 is 17.4 Å². The van der Waals surface area contributed by atoms with Gasteiger partial charge in [-0.3, -0.25) is 4.79 Å². The lowest BCUT2D eigenvalue weighted by Crippen LogP contribution is -2.48. The molecule has 4 nitrogen and oxygen atoms in total. The Kier molecular flexibility index (Phi) is 3.60. The van der Waals surface area contributed by atoms with Crippen LogP contribution in [0, 0.1) is 0 Å². The molecular weight excluding hydrogens is 242 g/mol. The van der Waals surface area contributed by atoms with Crippen molar-refractivity contribution in [3.63, 3.8) is 0 Å². The Bertz CT molecular complexity index is 481. The first-order valence-electron chi connectivity index (χ1n) is 6.54. The van der Waals surface area contributed by atoms with E-state index in [4.69, 9.17) is 0 Å². The lowest BCUT2D eigenvalue weighted by Gasteiger charge is -2.32. The van der Waals surface area contributed by atoms with Crippen molar-refractivity contribution in [2.24, 2.45) is 0 Å². The number of hydrogen-bond donors (Lipinski definition) is 1. The average molecular weight is 261 g/mol. The van der Waals surface area contributed by atoms with E-state index in [0.717, 1.165) is 12.0 Å². The van der Waals surface area contributed by atoms with E-state index in [1.165, 1.54) is 4.90 Å². The Labute approximate surface area is 113 Å². The summed E-state index contributed by atoms with van der Waals surface area (Å²) in [5.41, 5.74) is 0.218. The Balaban J connectivity index is 2.26. The average Bonchev–Trinajstić information content (AvgIpc) is 2.88. The maximum atomic E-state index is 12.6. The fraction of sp³-hybridized carbons (Fsp3) is 0.467. The second-order valence-corrected chi connectivity index (χ2v) is 5.49. The van der Waals surface area contributed by atoms with Gasteiger partial charge in [0.15, 0.2) is 0 Å². The molecule has 0 radical (unpaired) electrons. The Morgan fingerprint density at radius 2 is 1.89 bits per heavy atom. The number of carbonyl (C=O) groups excluding carboxylic acids is 1. The van der Waals surface area contributed by atoms with Crippen molar-refractivity contribution in [3.05, 3.63) is 35.9 Å². The van der Waals surface area contributed by atoms with Crippen molar-refractivity contribution in [3.8, 4) is 0 Å². The number of benzene rings is 1. The molecule has 1 fully saturated rings. The van der Waals surface area contributed by atoms with Gasteiger partial charge < -0.3 is 10.0 Å². The number of aliphatic carboxylic acids is 1. The molecule has 102 valence electrons. The van der Waals surface area contributed by atoms with Gasteiger partial charge in [0.1, 0.15) is 6.04 Å². The molecule has 0 bridgehead atoms. The molecule has 0 aliphatic carbocycles. The van der Waals surface area contributed by atoms with Crippen LogP contribution in [-0.4, -0.2) is 34.5 Å². The number of carbonyl (C=O) groups is 2. The number of likely N-dealkylation sites (tertiary alicyclic amines) is 1. The summed E-state index contributed by atoms with van der Waals surface area (Å²) in [6, 6.07) is 8.83. The number of rotatable bonds is 3. The second-order valence-electron chi connectivity index (χ2n) is 5.49. The zero-order valence-corrected chi connectivity index (χ0v) is 11.3.